The van der Waals surface area contributed by atoms with Crippen molar-refractivity contribution in [2.45, 2.75) is 31.8 Å². The minimum atomic E-state index is -0.791. The fraction of sp³-hybridized carbons (Fsp3) is 0.533. The van der Waals surface area contributed by atoms with Crippen molar-refractivity contribution in [2.75, 3.05) is 20.1 Å². The molecule has 1 aromatic carbocycles. The summed E-state index contributed by atoms with van der Waals surface area (Å²) in [6, 6.07) is 2.99. The van der Waals surface area contributed by atoms with E-state index in [4.69, 9.17) is 0 Å². The van der Waals surface area contributed by atoms with Crippen LogP contribution in [0.1, 0.15) is 30.1 Å². The van der Waals surface area contributed by atoms with Gasteiger partial charge in [0.05, 0.1) is 11.6 Å². The Kier molecular flexibility index (Phi) is 4.83. The zero-order valence-electron chi connectivity index (χ0n) is 11.8. The second-order valence-electron chi connectivity index (χ2n) is 5.31. The summed E-state index contributed by atoms with van der Waals surface area (Å²) in [4.78, 5) is 14.3. The lowest BCUT2D eigenvalue weighted by atomic mass is 9.99. The van der Waals surface area contributed by atoms with Crippen molar-refractivity contribution >= 4 is 5.78 Å². The highest BCUT2D eigenvalue weighted by Crippen LogP contribution is 2.18. The molecule has 1 fully saturated rings. The average molecular weight is 282 g/mol. The Hall–Kier alpha value is -1.33. The van der Waals surface area contributed by atoms with Gasteiger partial charge < -0.3 is 5.32 Å². The molecule has 1 unspecified atom stereocenters. The highest BCUT2D eigenvalue weighted by Gasteiger charge is 2.28. The summed E-state index contributed by atoms with van der Waals surface area (Å²) in [7, 11) is 1.89. The normalized spacial score (nSPS) is 18.2. The molecule has 0 spiro atoms. The lowest BCUT2D eigenvalue weighted by Crippen LogP contribution is -2.47. The molecule has 0 amide bonds. The van der Waals surface area contributed by atoms with Crippen LogP contribution in [0.4, 0.5) is 8.78 Å². The molecule has 0 radical (unpaired) electrons. The van der Waals surface area contributed by atoms with E-state index in [0.29, 0.717) is 6.04 Å². The Morgan fingerprint density at radius 3 is 2.60 bits per heavy atom. The van der Waals surface area contributed by atoms with Crippen molar-refractivity contribution in [1.29, 1.82) is 0 Å². The topological polar surface area (TPSA) is 32.3 Å². The van der Waals surface area contributed by atoms with Crippen LogP contribution in [0.15, 0.2) is 18.2 Å². The fourth-order valence-corrected chi connectivity index (χ4v) is 2.63. The third-order valence-corrected chi connectivity index (χ3v) is 4.07. The Bertz CT molecular complexity index is 487. The van der Waals surface area contributed by atoms with Gasteiger partial charge in [-0.2, -0.15) is 0 Å². The van der Waals surface area contributed by atoms with Gasteiger partial charge in [0.1, 0.15) is 11.6 Å². The molecule has 1 N–H and O–H groups in total. The molecule has 0 aromatic heterocycles. The maximum atomic E-state index is 13.7. The largest absolute Gasteiger partial charge is 0.317 e. The minimum Gasteiger partial charge on any atom is -0.317 e. The van der Waals surface area contributed by atoms with Crippen LogP contribution >= 0.6 is 0 Å². The lowest BCUT2D eigenvalue weighted by molar-refractivity contribution is 0.0781. The number of halogens is 2. The van der Waals surface area contributed by atoms with Gasteiger partial charge in [0.25, 0.3) is 0 Å². The molecule has 0 aliphatic carbocycles. The fourth-order valence-electron chi connectivity index (χ4n) is 2.63. The van der Waals surface area contributed by atoms with Crippen LogP contribution in [0.3, 0.4) is 0 Å². The minimum absolute atomic E-state index is 0.0420. The van der Waals surface area contributed by atoms with Crippen molar-refractivity contribution in [1.82, 2.24) is 10.2 Å². The van der Waals surface area contributed by atoms with Gasteiger partial charge in [-0.15, -0.1) is 0 Å². The van der Waals surface area contributed by atoms with Gasteiger partial charge in [0.15, 0.2) is 5.78 Å². The Labute approximate surface area is 118 Å². The summed E-state index contributed by atoms with van der Waals surface area (Å²) in [5, 5.41) is 3.27. The number of ketones is 1. The molecule has 5 heteroatoms. The van der Waals surface area contributed by atoms with E-state index in [2.05, 4.69) is 5.32 Å². The van der Waals surface area contributed by atoms with Crippen LogP contribution in [0.25, 0.3) is 0 Å². The molecule has 2 rings (SSSR count). The summed E-state index contributed by atoms with van der Waals surface area (Å²) < 4.78 is 26.6. The van der Waals surface area contributed by atoms with Crippen LogP contribution in [0, 0.1) is 11.6 Å². The zero-order chi connectivity index (χ0) is 14.7. The van der Waals surface area contributed by atoms with Crippen molar-refractivity contribution in [3.63, 3.8) is 0 Å². The molecule has 1 aromatic rings. The monoisotopic (exact) mass is 282 g/mol. The summed E-state index contributed by atoms with van der Waals surface area (Å²) in [6.45, 7) is 3.63. The number of carbonyl (C=O) groups excluding carboxylic acids is 1. The quantitative estimate of drug-likeness (QED) is 0.859. The third-order valence-electron chi connectivity index (χ3n) is 4.07. The summed E-state index contributed by atoms with van der Waals surface area (Å²) in [5.41, 5.74) is -0.0420. The van der Waals surface area contributed by atoms with Crippen molar-refractivity contribution < 1.29 is 13.6 Å². The van der Waals surface area contributed by atoms with Gasteiger partial charge in [-0.25, -0.2) is 8.78 Å². The van der Waals surface area contributed by atoms with Crippen molar-refractivity contribution in [3.8, 4) is 0 Å². The number of carbonyl (C=O) groups is 1. The molecular weight excluding hydrogens is 262 g/mol. The molecule has 1 saturated heterocycles. The van der Waals surface area contributed by atoms with Crippen molar-refractivity contribution in [2.24, 2.45) is 0 Å². The van der Waals surface area contributed by atoms with Crippen LogP contribution in [-0.4, -0.2) is 42.9 Å². The van der Waals surface area contributed by atoms with E-state index in [1.165, 1.54) is 6.07 Å². The number of nitrogens with one attached hydrogen (secondary N) is 1. The van der Waals surface area contributed by atoms with Crippen LogP contribution in [0.5, 0.6) is 0 Å². The molecule has 1 heterocycles. The molecule has 110 valence electrons. The molecule has 0 bridgehead atoms. The van der Waals surface area contributed by atoms with Gasteiger partial charge in [-0.05, 0) is 52.0 Å². The van der Waals surface area contributed by atoms with E-state index in [0.717, 1.165) is 38.1 Å². The molecule has 1 aliphatic heterocycles. The second kappa shape index (κ2) is 6.41. The number of Topliss-reactive ketones (excluding diaryl/α,β-unsaturated/α-hetero) is 1. The standard InChI is InChI=1S/C15H20F2N2O/c1-10(19(2)12-5-7-18-8-6-12)15(20)13-4-3-11(16)9-14(13)17/h3-4,9-10,12,18H,5-8H2,1-2H3. The Balaban J connectivity index is 2.10. The summed E-state index contributed by atoms with van der Waals surface area (Å²) >= 11 is 0. The van der Waals surface area contributed by atoms with E-state index in [1.807, 2.05) is 11.9 Å². The van der Waals surface area contributed by atoms with Gasteiger partial charge in [0, 0.05) is 12.1 Å². The van der Waals surface area contributed by atoms with Gasteiger partial charge in [-0.3, -0.25) is 9.69 Å². The molecule has 1 atom stereocenters. The first kappa shape index (κ1) is 15.1. The van der Waals surface area contributed by atoms with E-state index in [1.54, 1.807) is 6.92 Å². The predicted octanol–water partition coefficient (Wildman–Crippen LogP) is 2.22. The molecule has 1 aliphatic rings. The zero-order valence-corrected chi connectivity index (χ0v) is 11.8. The first-order valence-corrected chi connectivity index (χ1v) is 6.92. The number of hydrogen-bond acceptors (Lipinski definition) is 3. The SMILES string of the molecule is CC(C(=O)c1ccc(F)cc1F)N(C)C1CCNCC1. The van der Waals surface area contributed by atoms with Gasteiger partial charge in [-0.1, -0.05) is 0 Å². The molecule has 0 saturated carbocycles. The molecule has 20 heavy (non-hydrogen) atoms. The predicted molar refractivity (Wildman–Crippen MR) is 73.8 cm³/mol. The molecule has 3 nitrogen and oxygen atoms in total. The van der Waals surface area contributed by atoms with E-state index in [-0.39, 0.29) is 11.3 Å². The van der Waals surface area contributed by atoms with Crippen LogP contribution in [-0.2, 0) is 0 Å². The lowest BCUT2D eigenvalue weighted by Gasteiger charge is -2.35. The smallest absolute Gasteiger partial charge is 0.182 e. The Morgan fingerprint density at radius 2 is 2.00 bits per heavy atom. The van der Waals surface area contributed by atoms with E-state index >= 15 is 0 Å². The third kappa shape index (κ3) is 3.22. The van der Waals surface area contributed by atoms with Crippen molar-refractivity contribution in [3.05, 3.63) is 35.4 Å². The van der Waals surface area contributed by atoms with Crippen LogP contribution in [0.2, 0.25) is 0 Å². The average Bonchev–Trinajstić information content (AvgIpc) is 2.46. The highest BCUT2D eigenvalue weighted by molar-refractivity contribution is 6.00. The molecular formula is C15H20F2N2O. The van der Waals surface area contributed by atoms with Gasteiger partial charge in [0.2, 0.25) is 0 Å². The number of rotatable bonds is 4. The van der Waals surface area contributed by atoms with E-state index in [9.17, 15) is 13.6 Å². The first-order valence-electron chi connectivity index (χ1n) is 6.92. The number of piperidine rings is 1. The summed E-state index contributed by atoms with van der Waals surface area (Å²) in [5.74, 6) is -1.76. The maximum absolute atomic E-state index is 13.7. The Morgan fingerprint density at radius 1 is 1.35 bits per heavy atom. The number of likely N-dealkylation sites (N-methyl/N-ethyl adjacent to an activating group) is 1. The number of hydrogen-bond donors (Lipinski definition) is 1. The van der Waals surface area contributed by atoms with E-state index < -0.39 is 17.7 Å². The van der Waals surface area contributed by atoms with Gasteiger partial charge >= 0.3 is 0 Å². The summed E-state index contributed by atoms with van der Waals surface area (Å²) in [6.07, 6.45) is 1.94. The number of benzene rings is 1. The highest BCUT2D eigenvalue weighted by atomic mass is 19.1. The second-order valence-corrected chi connectivity index (χ2v) is 5.31. The van der Waals surface area contributed by atoms with Crippen LogP contribution < -0.4 is 5.32 Å². The number of nitrogens with zero attached hydrogens (tertiary/aromatic N) is 1. The maximum Gasteiger partial charge on any atom is 0.182 e. The first-order chi connectivity index (χ1) is 9.50.